The Balaban J connectivity index is 1.56. The van der Waals surface area contributed by atoms with Gasteiger partial charge in [0.25, 0.3) is 0 Å². The van der Waals surface area contributed by atoms with Crippen LogP contribution in [0.2, 0.25) is 0 Å². The Morgan fingerprint density at radius 1 is 1.33 bits per heavy atom. The molecule has 2 aromatic rings. The van der Waals surface area contributed by atoms with Gasteiger partial charge in [0.15, 0.2) is 0 Å². The van der Waals surface area contributed by atoms with Gasteiger partial charge < -0.3 is 15.3 Å². The minimum absolute atomic E-state index is 0.845. The molecule has 0 radical (unpaired) electrons. The van der Waals surface area contributed by atoms with Crippen molar-refractivity contribution in [2.75, 3.05) is 6.54 Å². The van der Waals surface area contributed by atoms with Gasteiger partial charge in [-0.2, -0.15) is 0 Å². The van der Waals surface area contributed by atoms with Crippen molar-refractivity contribution < 1.29 is 0 Å². The fourth-order valence-corrected chi connectivity index (χ4v) is 1.42. The van der Waals surface area contributed by atoms with E-state index in [0.717, 1.165) is 37.4 Å². The Kier molecular flexibility index (Phi) is 3.51. The van der Waals surface area contributed by atoms with Crippen LogP contribution in [0.4, 0.5) is 0 Å². The van der Waals surface area contributed by atoms with Crippen LogP contribution in [0.25, 0.3) is 0 Å². The van der Waals surface area contributed by atoms with Crippen LogP contribution in [0.3, 0.4) is 0 Å². The molecule has 0 aliphatic heterocycles. The Bertz CT molecular complexity index is 315. The molecule has 0 saturated heterocycles. The summed E-state index contributed by atoms with van der Waals surface area (Å²) in [6, 6.07) is 0. The van der Waals surface area contributed by atoms with Crippen molar-refractivity contribution in [1.82, 2.24) is 25.3 Å². The highest BCUT2D eigenvalue weighted by atomic mass is 14.9. The van der Waals surface area contributed by atoms with Crippen LogP contribution < -0.4 is 5.32 Å². The van der Waals surface area contributed by atoms with Crippen LogP contribution in [-0.2, 0) is 13.0 Å². The molecule has 2 aromatic heterocycles. The standard InChI is InChI=1S/C10H15N5/c1(2-10-13-4-5-14-10)3-11-6-9-7-12-8-15-9/h4-5,7-8,11H,1-3,6H2,(H,12,15)(H,13,14). The summed E-state index contributed by atoms with van der Waals surface area (Å²) in [7, 11) is 0. The van der Waals surface area contributed by atoms with Crippen molar-refractivity contribution in [2.45, 2.75) is 19.4 Å². The van der Waals surface area contributed by atoms with Gasteiger partial charge in [0, 0.05) is 37.3 Å². The zero-order chi connectivity index (χ0) is 10.3. The highest BCUT2D eigenvalue weighted by Gasteiger charge is 1.95. The van der Waals surface area contributed by atoms with E-state index in [2.05, 4.69) is 25.3 Å². The number of H-pyrrole nitrogens is 2. The van der Waals surface area contributed by atoms with Crippen LogP contribution in [0, 0.1) is 0 Å². The number of nitrogens with zero attached hydrogens (tertiary/aromatic N) is 2. The van der Waals surface area contributed by atoms with E-state index >= 15 is 0 Å². The van der Waals surface area contributed by atoms with Crippen molar-refractivity contribution in [3.8, 4) is 0 Å². The minimum atomic E-state index is 0.845. The lowest BCUT2D eigenvalue weighted by Crippen LogP contribution is -2.15. The van der Waals surface area contributed by atoms with Gasteiger partial charge in [-0.3, -0.25) is 0 Å². The highest BCUT2D eigenvalue weighted by Crippen LogP contribution is 1.94. The van der Waals surface area contributed by atoms with Crippen molar-refractivity contribution in [2.24, 2.45) is 0 Å². The predicted octanol–water partition coefficient (Wildman–Crippen LogP) is 0.855. The van der Waals surface area contributed by atoms with E-state index in [1.54, 1.807) is 12.5 Å². The number of aryl methyl sites for hydroxylation is 1. The molecule has 0 atom stereocenters. The zero-order valence-corrected chi connectivity index (χ0v) is 8.53. The van der Waals surface area contributed by atoms with Crippen LogP contribution >= 0.6 is 0 Å². The number of imidazole rings is 2. The Labute approximate surface area is 88.4 Å². The van der Waals surface area contributed by atoms with Crippen LogP contribution in [0.1, 0.15) is 17.9 Å². The first-order valence-electron chi connectivity index (χ1n) is 5.11. The summed E-state index contributed by atoms with van der Waals surface area (Å²) in [5.74, 6) is 1.05. The molecule has 0 fully saturated rings. The van der Waals surface area contributed by atoms with E-state index in [1.165, 1.54) is 0 Å². The summed E-state index contributed by atoms with van der Waals surface area (Å²) >= 11 is 0. The molecule has 2 rings (SSSR count). The molecule has 0 aromatic carbocycles. The maximum atomic E-state index is 4.16. The lowest BCUT2D eigenvalue weighted by Gasteiger charge is -2.01. The average Bonchev–Trinajstić information content (AvgIpc) is 2.88. The number of hydrogen-bond acceptors (Lipinski definition) is 3. The second-order valence-corrected chi connectivity index (χ2v) is 3.39. The molecular formula is C10H15N5. The van der Waals surface area contributed by atoms with E-state index in [9.17, 15) is 0 Å². The largest absolute Gasteiger partial charge is 0.349 e. The number of aromatic nitrogens is 4. The summed E-state index contributed by atoms with van der Waals surface area (Å²) in [5.41, 5.74) is 1.12. The third kappa shape index (κ3) is 3.21. The van der Waals surface area contributed by atoms with E-state index in [4.69, 9.17) is 0 Å². The summed E-state index contributed by atoms with van der Waals surface area (Å²) in [6.07, 6.45) is 9.24. The van der Waals surface area contributed by atoms with E-state index in [1.807, 2.05) is 12.4 Å². The first kappa shape index (κ1) is 9.92. The number of aromatic amines is 2. The third-order valence-corrected chi connectivity index (χ3v) is 2.19. The smallest absolute Gasteiger partial charge is 0.106 e. The monoisotopic (exact) mass is 205 g/mol. The van der Waals surface area contributed by atoms with Gasteiger partial charge in [0.05, 0.1) is 6.33 Å². The van der Waals surface area contributed by atoms with Gasteiger partial charge >= 0.3 is 0 Å². The van der Waals surface area contributed by atoms with Gasteiger partial charge in [0.1, 0.15) is 5.82 Å². The molecule has 15 heavy (non-hydrogen) atoms. The normalized spacial score (nSPS) is 10.7. The molecule has 0 bridgehead atoms. The van der Waals surface area contributed by atoms with Crippen molar-refractivity contribution in [1.29, 1.82) is 0 Å². The molecule has 3 N–H and O–H groups in total. The van der Waals surface area contributed by atoms with Crippen molar-refractivity contribution in [3.05, 3.63) is 36.4 Å². The maximum absolute atomic E-state index is 4.16. The van der Waals surface area contributed by atoms with Gasteiger partial charge in [-0.1, -0.05) is 0 Å². The average molecular weight is 205 g/mol. The van der Waals surface area contributed by atoms with Gasteiger partial charge in [-0.25, -0.2) is 9.97 Å². The molecule has 0 aliphatic carbocycles. The molecule has 0 saturated carbocycles. The van der Waals surface area contributed by atoms with Crippen molar-refractivity contribution >= 4 is 0 Å². The highest BCUT2D eigenvalue weighted by molar-refractivity contribution is 4.93. The Morgan fingerprint density at radius 3 is 3.07 bits per heavy atom. The van der Waals surface area contributed by atoms with Crippen LogP contribution in [0.5, 0.6) is 0 Å². The van der Waals surface area contributed by atoms with Crippen LogP contribution in [0.15, 0.2) is 24.9 Å². The summed E-state index contributed by atoms with van der Waals surface area (Å²) < 4.78 is 0. The fourth-order valence-electron chi connectivity index (χ4n) is 1.42. The minimum Gasteiger partial charge on any atom is -0.349 e. The van der Waals surface area contributed by atoms with Crippen molar-refractivity contribution in [3.63, 3.8) is 0 Å². The molecule has 0 aliphatic rings. The zero-order valence-electron chi connectivity index (χ0n) is 8.53. The summed E-state index contributed by atoms with van der Waals surface area (Å²) in [6.45, 7) is 1.83. The molecule has 5 nitrogen and oxygen atoms in total. The van der Waals surface area contributed by atoms with Gasteiger partial charge in [-0.15, -0.1) is 0 Å². The second-order valence-electron chi connectivity index (χ2n) is 3.39. The molecule has 0 unspecified atom stereocenters. The molecule has 5 heteroatoms. The van der Waals surface area contributed by atoms with E-state index in [0.29, 0.717) is 0 Å². The quantitative estimate of drug-likeness (QED) is 0.612. The van der Waals surface area contributed by atoms with Gasteiger partial charge in [-0.05, 0) is 13.0 Å². The fraction of sp³-hybridized carbons (Fsp3) is 0.400. The predicted molar refractivity (Wildman–Crippen MR) is 57.2 cm³/mol. The van der Waals surface area contributed by atoms with E-state index < -0.39 is 0 Å². The lowest BCUT2D eigenvalue weighted by atomic mass is 10.3. The lowest BCUT2D eigenvalue weighted by molar-refractivity contribution is 0.634. The maximum Gasteiger partial charge on any atom is 0.106 e. The van der Waals surface area contributed by atoms with Crippen LogP contribution in [-0.4, -0.2) is 26.5 Å². The van der Waals surface area contributed by atoms with E-state index in [-0.39, 0.29) is 0 Å². The molecular weight excluding hydrogens is 190 g/mol. The molecule has 0 spiro atoms. The molecule has 0 amide bonds. The topological polar surface area (TPSA) is 69.4 Å². The SMILES string of the molecule is c1c[nH]c(CCCNCc2cnc[nH]2)n1. The Hall–Kier alpha value is -1.62. The second kappa shape index (κ2) is 5.31. The molecule has 80 valence electrons. The third-order valence-electron chi connectivity index (χ3n) is 2.19. The Morgan fingerprint density at radius 2 is 2.33 bits per heavy atom. The summed E-state index contributed by atoms with van der Waals surface area (Å²) in [4.78, 5) is 14.3. The van der Waals surface area contributed by atoms with Gasteiger partial charge in [0.2, 0.25) is 0 Å². The first-order chi connectivity index (χ1) is 7.45. The number of nitrogens with one attached hydrogen (secondary N) is 3. The number of hydrogen-bond donors (Lipinski definition) is 3. The molecule has 2 heterocycles. The first-order valence-corrected chi connectivity index (χ1v) is 5.11. The number of rotatable bonds is 6. The summed E-state index contributed by atoms with van der Waals surface area (Å²) in [5, 5.41) is 3.34.